The van der Waals surface area contributed by atoms with Gasteiger partial charge in [-0.15, -0.1) is 0 Å². The highest BCUT2D eigenvalue weighted by atomic mass is 16.3. The SMILES string of the molecule is O=C(c1ccc(O)cc1O)N(Cc1cccnc1)c1ccc(-c2ccnc3ccccc23)cc1. The van der Waals surface area contributed by atoms with Gasteiger partial charge in [0.2, 0.25) is 0 Å². The second kappa shape index (κ2) is 9.03. The van der Waals surface area contributed by atoms with Crippen LogP contribution in [0.4, 0.5) is 5.69 Å². The van der Waals surface area contributed by atoms with Gasteiger partial charge >= 0.3 is 0 Å². The van der Waals surface area contributed by atoms with Crippen LogP contribution in [0.5, 0.6) is 11.5 Å². The Bertz CT molecular complexity index is 1460. The van der Waals surface area contributed by atoms with Gasteiger partial charge in [0.1, 0.15) is 11.5 Å². The number of aromatic nitrogens is 2. The number of hydrogen-bond donors (Lipinski definition) is 2. The number of rotatable bonds is 5. The van der Waals surface area contributed by atoms with Crippen molar-refractivity contribution in [1.29, 1.82) is 0 Å². The largest absolute Gasteiger partial charge is 0.508 e. The van der Waals surface area contributed by atoms with Crippen LogP contribution in [-0.2, 0) is 6.54 Å². The lowest BCUT2D eigenvalue weighted by atomic mass is 10.0. The highest BCUT2D eigenvalue weighted by molar-refractivity contribution is 6.08. The third-order valence-corrected chi connectivity index (χ3v) is 5.66. The minimum absolute atomic E-state index is 0.103. The molecule has 6 nitrogen and oxygen atoms in total. The molecule has 5 aromatic rings. The molecule has 0 fully saturated rings. The first-order valence-corrected chi connectivity index (χ1v) is 10.8. The summed E-state index contributed by atoms with van der Waals surface area (Å²) >= 11 is 0. The summed E-state index contributed by atoms with van der Waals surface area (Å²) in [6.45, 7) is 0.268. The van der Waals surface area contributed by atoms with Crippen LogP contribution in [0.1, 0.15) is 15.9 Å². The van der Waals surface area contributed by atoms with Gasteiger partial charge in [0.25, 0.3) is 5.91 Å². The molecule has 5 rings (SSSR count). The quantitative estimate of drug-likeness (QED) is 0.369. The van der Waals surface area contributed by atoms with E-state index in [1.54, 1.807) is 23.5 Å². The predicted octanol–water partition coefficient (Wildman–Crippen LogP) is 5.56. The third-order valence-electron chi connectivity index (χ3n) is 5.66. The number of amides is 1. The van der Waals surface area contributed by atoms with E-state index in [2.05, 4.69) is 9.97 Å². The van der Waals surface area contributed by atoms with Gasteiger partial charge in [-0.05, 0) is 59.2 Å². The Morgan fingerprint density at radius 2 is 1.68 bits per heavy atom. The van der Waals surface area contributed by atoms with Crippen LogP contribution in [0.25, 0.3) is 22.0 Å². The third kappa shape index (κ3) is 4.17. The fourth-order valence-electron chi connectivity index (χ4n) is 3.97. The molecular formula is C28H21N3O3. The van der Waals surface area contributed by atoms with Gasteiger partial charge in [-0.25, -0.2) is 0 Å². The van der Waals surface area contributed by atoms with E-state index in [1.807, 2.05) is 66.7 Å². The summed E-state index contributed by atoms with van der Waals surface area (Å²) in [5.41, 5.74) is 4.59. The first-order chi connectivity index (χ1) is 16.6. The summed E-state index contributed by atoms with van der Waals surface area (Å²) in [5.74, 6) is -0.772. The summed E-state index contributed by atoms with van der Waals surface area (Å²) < 4.78 is 0. The molecular weight excluding hydrogens is 426 g/mol. The van der Waals surface area contributed by atoms with E-state index in [0.29, 0.717) is 5.69 Å². The van der Waals surface area contributed by atoms with Crippen molar-refractivity contribution in [2.45, 2.75) is 6.54 Å². The average Bonchev–Trinajstić information content (AvgIpc) is 2.87. The maximum absolute atomic E-state index is 13.5. The molecule has 2 heterocycles. The van der Waals surface area contributed by atoms with Crippen LogP contribution in [0.15, 0.2) is 104 Å². The molecule has 1 amide bonds. The van der Waals surface area contributed by atoms with Crippen LogP contribution in [-0.4, -0.2) is 26.1 Å². The van der Waals surface area contributed by atoms with E-state index in [0.717, 1.165) is 33.7 Å². The number of phenols is 2. The van der Waals surface area contributed by atoms with Crippen molar-refractivity contribution >= 4 is 22.5 Å². The van der Waals surface area contributed by atoms with Gasteiger partial charge in [-0.1, -0.05) is 36.4 Å². The van der Waals surface area contributed by atoms with Crippen LogP contribution < -0.4 is 4.90 Å². The molecule has 3 aromatic carbocycles. The van der Waals surface area contributed by atoms with Crippen LogP contribution in [0, 0.1) is 0 Å². The molecule has 0 spiro atoms. The molecule has 2 N–H and O–H groups in total. The standard InChI is InChI=1S/C28H21N3O3/c32-22-11-12-25(27(33)16-22)28(34)31(18-19-4-3-14-29-17-19)21-9-7-20(8-10-21)23-13-15-30-26-6-2-1-5-24(23)26/h1-17,32-33H,18H2. The fraction of sp³-hybridized carbons (Fsp3) is 0.0357. The summed E-state index contributed by atoms with van der Waals surface area (Å²) in [5, 5.41) is 21.0. The number of para-hydroxylation sites is 1. The molecule has 0 radical (unpaired) electrons. The monoisotopic (exact) mass is 447 g/mol. The number of fused-ring (bicyclic) bond motifs is 1. The Balaban J connectivity index is 1.54. The van der Waals surface area contributed by atoms with E-state index in [9.17, 15) is 15.0 Å². The molecule has 0 aliphatic carbocycles. The number of nitrogens with zero attached hydrogens (tertiary/aromatic N) is 3. The average molecular weight is 447 g/mol. The molecule has 6 heteroatoms. The van der Waals surface area contributed by atoms with Crippen molar-refractivity contribution in [1.82, 2.24) is 9.97 Å². The van der Waals surface area contributed by atoms with Crippen molar-refractivity contribution in [2.24, 2.45) is 0 Å². The predicted molar refractivity (Wildman–Crippen MR) is 132 cm³/mol. The van der Waals surface area contributed by atoms with Crippen LogP contribution in [0.2, 0.25) is 0 Å². The maximum atomic E-state index is 13.5. The topological polar surface area (TPSA) is 86.5 Å². The van der Waals surface area contributed by atoms with Crippen molar-refractivity contribution in [2.75, 3.05) is 4.90 Å². The number of aromatic hydroxyl groups is 2. The van der Waals surface area contributed by atoms with Gasteiger partial charge < -0.3 is 15.1 Å². The first kappa shape index (κ1) is 21.2. The minimum Gasteiger partial charge on any atom is -0.508 e. The molecule has 0 saturated carbocycles. The summed E-state index contributed by atoms with van der Waals surface area (Å²) in [6.07, 6.45) is 5.17. The number of hydrogen-bond acceptors (Lipinski definition) is 5. The van der Waals surface area contributed by atoms with Gasteiger partial charge in [0, 0.05) is 35.7 Å². The smallest absolute Gasteiger partial charge is 0.262 e. The summed E-state index contributed by atoms with van der Waals surface area (Å²) in [4.78, 5) is 23.6. The van der Waals surface area contributed by atoms with Gasteiger partial charge in [-0.2, -0.15) is 0 Å². The molecule has 0 unspecified atom stereocenters. The summed E-state index contributed by atoms with van der Waals surface area (Å²) in [6, 6.07) is 25.3. The second-order valence-electron chi connectivity index (χ2n) is 7.88. The highest BCUT2D eigenvalue weighted by Gasteiger charge is 2.22. The van der Waals surface area contributed by atoms with E-state index in [4.69, 9.17) is 0 Å². The molecule has 0 atom stereocenters. The lowest BCUT2D eigenvalue weighted by Gasteiger charge is -2.24. The maximum Gasteiger partial charge on any atom is 0.262 e. The highest BCUT2D eigenvalue weighted by Crippen LogP contribution is 2.31. The molecule has 0 aliphatic rings. The molecule has 2 aromatic heterocycles. The zero-order valence-electron chi connectivity index (χ0n) is 18.2. The van der Waals surface area contributed by atoms with Crippen molar-refractivity contribution in [3.63, 3.8) is 0 Å². The summed E-state index contributed by atoms with van der Waals surface area (Å²) in [7, 11) is 0. The van der Waals surface area contributed by atoms with E-state index in [-0.39, 0.29) is 29.5 Å². The van der Waals surface area contributed by atoms with Gasteiger partial charge in [0.05, 0.1) is 17.6 Å². The van der Waals surface area contributed by atoms with Crippen molar-refractivity contribution in [3.05, 3.63) is 115 Å². The van der Waals surface area contributed by atoms with Crippen molar-refractivity contribution in [3.8, 4) is 22.6 Å². The Kier molecular flexibility index (Phi) is 5.62. The molecule has 0 saturated heterocycles. The molecule has 0 bridgehead atoms. The number of benzene rings is 3. The lowest BCUT2D eigenvalue weighted by Crippen LogP contribution is -2.30. The second-order valence-corrected chi connectivity index (χ2v) is 7.88. The fourth-order valence-corrected chi connectivity index (χ4v) is 3.97. The lowest BCUT2D eigenvalue weighted by molar-refractivity contribution is 0.0982. The minimum atomic E-state index is -0.386. The Labute approximate surface area is 196 Å². The van der Waals surface area contributed by atoms with E-state index in [1.165, 1.54) is 12.1 Å². The van der Waals surface area contributed by atoms with Crippen LogP contribution >= 0.6 is 0 Å². The zero-order chi connectivity index (χ0) is 23.5. The van der Waals surface area contributed by atoms with E-state index < -0.39 is 0 Å². The van der Waals surface area contributed by atoms with Gasteiger partial charge in [-0.3, -0.25) is 14.8 Å². The number of phenolic OH excluding ortho intramolecular Hbond substituents is 2. The number of carbonyl (C=O) groups excluding carboxylic acids is 1. The van der Waals surface area contributed by atoms with Crippen LogP contribution in [0.3, 0.4) is 0 Å². The molecule has 34 heavy (non-hydrogen) atoms. The zero-order valence-corrected chi connectivity index (χ0v) is 18.2. The first-order valence-electron chi connectivity index (χ1n) is 10.8. The normalized spacial score (nSPS) is 10.8. The Morgan fingerprint density at radius 1 is 0.853 bits per heavy atom. The molecule has 0 aliphatic heterocycles. The number of carbonyl (C=O) groups is 1. The van der Waals surface area contributed by atoms with Gasteiger partial charge in [0.15, 0.2) is 0 Å². The molecule has 166 valence electrons. The van der Waals surface area contributed by atoms with E-state index >= 15 is 0 Å². The number of anilines is 1. The Morgan fingerprint density at radius 3 is 2.44 bits per heavy atom. The van der Waals surface area contributed by atoms with Crippen molar-refractivity contribution < 1.29 is 15.0 Å². The number of pyridine rings is 2. The Hall–Kier alpha value is -4.71.